The molecule has 0 saturated carbocycles. The molecule has 0 unspecified atom stereocenters. The third kappa shape index (κ3) is 2.49. The van der Waals surface area contributed by atoms with Crippen molar-refractivity contribution in [3.63, 3.8) is 0 Å². The van der Waals surface area contributed by atoms with E-state index in [9.17, 15) is 14.0 Å². The Hall–Kier alpha value is -3.06. The van der Waals surface area contributed by atoms with Gasteiger partial charge in [0.1, 0.15) is 23.2 Å². The molecule has 2 aromatic carbocycles. The lowest BCUT2D eigenvalue weighted by molar-refractivity contribution is 0.0995. The number of rotatable bonds is 1. The van der Waals surface area contributed by atoms with Crippen molar-refractivity contribution >= 4 is 38.4 Å². The van der Waals surface area contributed by atoms with Crippen LogP contribution in [-0.4, -0.2) is 10.5 Å². The molecule has 4 rings (SSSR count). The molecule has 7 heteroatoms. The number of thiazole rings is 1. The third-order valence-electron chi connectivity index (χ3n) is 3.88. The van der Waals surface area contributed by atoms with Crippen LogP contribution in [0.4, 0.5) is 4.39 Å². The largest absolute Gasteiger partial charge is 0.463 e. The molecular weight excluding hydrogens is 343 g/mol. The molecule has 0 radical (unpaired) electrons. The Morgan fingerprint density at radius 1 is 1.20 bits per heavy atom. The van der Waals surface area contributed by atoms with E-state index in [0.717, 1.165) is 6.26 Å². The van der Waals surface area contributed by atoms with Crippen molar-refractivity contribution in [1.29, 1.82) is 0 Å². The molecule has 0 aliphatic carbocycles. The van der Waals surface area contributed by atoms with Crippen LogP contribution in [-0.2, 0) is 7.05 Å². The summed E-state index contributed by atoms with van der Waals surface area (Å²) in [5.41, 5.74) is 0.172. The van der Waals surface area contributed by atoms with Gasteiger partial charge < -0.3 is 8.98 Å². The lowest BCUT2D eigenvalue weighted by atomic mass is 10.2. The van der Waals surface area contributed by atoms with Gasteiger partial charge >= 0.3 is 0 Å². The molecule has 0 fully saturated rings. The number of benzene rings is 2. The highest BCUT2D eigenvalue weighted by Gasteiger charge is 2.15. The number of halogens is 1. The minimum Gasteiger partial charge on any atom is -0.463 e. The molecule has 1 amide bonds. The normalized spacial score (nSPS) is 12.2. The van der Waals surface area contributed by atoms with Crippen molar-refractivity contribution in [2.75, 3.05) is 0 Å². The molecule has 0 saturated heterocycles. The van der Waals surface area contributed by atoms with E-state index < -0.39 is 17.2 Å². The highest BCUT2D eigenvalue weighted by molar-refractivity contribution is 7.16. The Balaban J connectivity index is 1.89. The first kappa shape index (κ1) is 15.5. The average molecular weight is 354 g/mol. The maximum atomic E-state index is 14.0. The van der Waals surface area contributed by atoms with E-state index in [1.165, 1.54) is 22.0 Å². The molecule has 0 aliphatic heterocycles. The SMILES string of the molecule is Cn1c(=NC(=O)c2coc3ccccc3c2=O)sc2cccc(F)c21. The predicted octanol–water partition coefficient (Wildman–Crippen LogP) is 3.23. The molecule has 0 spiro atoms. The fourth-order valence-corrected chi connectivity index (χ4v) is 3.67. The molecule has 0 bridgehead atoms. The molecular formula is C18H11FN2O3S. The standard InChI is InChI=1S/C18H11FN2O3S/c1-21-15-12(19)6-4-8-14(15)25-18(21)20-17(23)11-9-24-13-7-3-2-5-10(13)16(11)22/h2-9H,1H3. The van der Waals surface area contributed by atoms with Crippen LogP contribution in [0.15, 0.2) is 62.9 Å². The van der Waals surface area contributed by atoms with Crippen molar-refractivity contribution in [3.8, 4) is 0 Å². The number of carbonyl (C=O) groups is 1. The van der Waals surface area contributed by atoms with Gasteiger partial charge in [0.15, 0.2) is 4.80 Å². The Morgan fingerprint density at radius 3 is 2.80 bits per heavy atom. The molecule has 25 heavy (non-hydrogen) atoms. The topological polar surface area (TPSA) is 64.6 Å². The zero-order valence-electron chi connectivity index (χ0n) is 13.0. The summed E-state index contributed by atoms with van der Waals surface area (Å²) in [6.07, 6.45) is 1.12. The summed E-state index contributed by atoms with van der Waals surface area (Å²) in [5.74, 6) is -1.11. The summed E-state index contributed by atoms with van der Waals surface area (Å²) in [5, 5.41) is 0.315. The van der Waals surface area contributed by atoms with Crippen LogP contribution in [0.5, 0.6) is 0 Å². The van der Waals surface area contributed by atoms with E-state index in [1.807, 2.05) is 0 Å². The maximum Gasteiger partial charge on any atom is 0.286 e. The second kappa shape index (κ2) is 5.78. The van der Waals surface area contributed by atoms with E-state index in [4.69, 9.17) is 4.42 Å². The van der Waals surface area contributed by atoms with E-state index >= 15 is 0 Å². The van der Waals surface area contributed by atoms with Gasteiger partial charge in [0.05, 0.1) is 15.6 Å². The van der Waals surface area contributed by atoms with Crippen LogP contribution in [0.3, 0.4) is 0 Å². The molecule has 5 nitrogen and oxygen atoms in total. The number of amides is 1. The fraction of sp³-hybridized carbons (Fsp3) is 0.0556. The monoisotopic (exact) mass is 354 g/mol. The van der Waals surface area contributed by atoms with Gasteiger partial charge in [0.25, 0.3) is 5.91 Å². The maximum absolute atomic E-state index is 14.0. The van der Waals surface area contributed by atoms with Gasteiger partial charge in [-0.15, -0.1) is 0 Å². The molecule has 0 atom stereocenters. The summed E-state index contributed by atoms with van der Waals surface area (Å²) in [4.78, 5) is 29.2. The number of carbonyl (C=O) groups excluding carboxylic acids is 1. The van der Waals surface area contributed by atoms with Gasteiger partial charge in [-0.2, -0.15) is 4.99 Å². The summed E-state index contributed by atoms with van der Waals surface area (Å²) < 4.78 is 21.5. The molecule has 4 aromatic rings. The quantitative estimate of drug-likeness (QED) is 0.527. The van der Waals surface area contributed by atoms with E-state index in [2.05, 4.69) is 4.99 Å². The molecule has 2 heterocycles. The molecule has 0 N–H and O–H groups in total. The number of aryl methyl sites for hydroxylation is 1. The van der Waals surface area contributed by atoms with Gasteiger partial charge in [-0.05, 0) is 24.3 Å². The second-order valence-electron chi connectivity index (χ2n) is 5.42. The number of para-hydroxylation sites is 2. The Bertz CT molecular complexity index is 1270. The van der Waals surface area contributed by atoms with Crippen molar-refractivity contribution < 1.29 is 13.6 Å². The van der Waals surface area contributed by atoms with Crippen LogP contribution in [0, 0.1) is 5.82 Å². The predicted molar refractivity (Wildman–Crippen MR) is 93.1 cm³/mol. The minimum absolute atomic E-state index is 0.156. The summed E-state index contributed by atoms with van der Waals surface area (Å²) in [6, 6.07) is 11.4. The van der Waals surface area contributed by atoms with Crippen molar-refractivity contribution in [1.82, 2.24) is 4.57 Å². The van der Waals surface area contributed by atoms with Crippen LogP contribution in [0.2, 0.25) is 0 Å². The van der Waals surface area contributed by atoms with Crippen LogP contribution in [0.1, 0.15) is 10.4 Å². The van der Waals surface area contributed by atoms with Gasteiger partial charge in [-0.1, -0.05) is 29.5 Å². The second-order valence-corrected chi connectivity index (χ2v) is 6.43. The minimum atomic E-state index is -0.720. The highest BCUT2D eigenvalue weighted by Crippen LogP contribution is 2.19. The molecule has 2 aromatic heterocycles. The Labute approximate surface area is 144 Å². The lowest BCUT2D eigenvalue weighted by Crippen LogP contribution is -2.18. The van der Waals surface area contributed by atoms with Crippen LogP contribution >= 0.6 is 11.3 Å². The molecule has 0 aliphatic rings. The van der Waals surface area contributed by atoms with Gasteiger partial charge in [0, 0.05) is 7.05 Å². The average Bonchev–Trinajstić information content (AvgIpc) is 2.92. The van der Waals surface area contributed by atoms with Gasteiger partial charge in [-0.3, -0.25) is 9.59 Å². The van der Waals surface area contributed by atoms with E-state index in [0.29, 0.717) is 26.0 Å². The van der Waals surface area contributed by atoms with Crippen LogP contribution in [0.25, 0.3) is 21.2 Å². The van der Waals surface area contributed by atoms with Gasteiger partial charge in [0.2, 0.25) is 5.43 Å². The zero-order chi connectivity index (χ0) is 17.6. The van der Waals surface area contributed by atoms with Crippen molar-refractivity contribution in [2.45, 2.75) is 0 Å². The number of hydrogen-bond donors (Lipinski definition) is 0. The summed E-state index contributed by atoms with van der Waals surface area (Å²) >= 11 is 1.17. The summed E-state index contributed by atoms with van der Waals surface area (Å²) in [6.45, 7) is 0. The number of fused-ring (bicyclic) bond motifs is 2. The third-order valence-corrected chi connectivity index (χ3v) is 4.98. The Morgan fingerprint density at radius 2 is 2.00 bits per heavy atom. The number of nitrogens with zero attached hydrogens (tertiary/aromatic N) is 2. The van der Waals surface area contributed by atoms with Gasteiger partial charge in [-0.25, -0.2) is 4.39 Å². The summed E-state index contributed by atoms with van der Waals surface area (Å²) in [7, 11) is 1.62. The van der Waals surface area contributed by atoms with Crippen molar-refractivity contribution in [3.05, 3.63) is 75.1 Å². The first-order valence-electron chi connectivity index (χ1n) is 7.40. The van der Waals surface area contributed by atoms with Crippen molar-refractivity contribution in [2.24, 2.45) is 12.0 Å². The number of aromatic nitrogens is 1. The lowest BCUT2D eigenvalue weighted by Gasteiger charge is -1.99. The zero-order valence-corrected chi connectivity index (χ0v) is 13.8. The van der Waals surface area contributed by atoms with Crippen LogP contribution < -0.4 is 10.2 Å². The Kier molecular flexibility index (Phi) is 3.58. The number of hydrogen-bond acceptors (Lipinski definition) is 4. The first-order valence-corrected chi connectivity index (χ1v) is 8.21. The van der Waals surface area contributed by atoms with E-state index in [-0.39, 0.29) is 5.56 Å². The first-order chi connectivity index (χ1) is 12.1. The van der Waals surface area contributed by atoms with E-state index in [1.54, 1.807) is 43.4 Å². The smallest absolute Gasteiger partial charge is 0.286 e. The molecule has 124 valence electrons. The highest BCUT2D eigenvalue weighted by atomic mass is 32.1. The fourth-order valence-electron chi connectivity index (χ4n) is 2.64.